The molecule has 1 heterocycles. The zero-order valence-electron chi connectivity index (χ0n) is 11.9. The van der Waals surface area contributed by atoms with Crippen molar-refractivity contribution in [2.45, 2.75) is 44.4 Å². The quantitative estimate of drug-likeness (QED) is 0.840. The van der Waals surface area contributed by atoms with Gasteiger partial charge in [0, 0.05) is 25.2 Å². The fourth-order valence-electron chi connectivity index (χ4n) is 3.52. The second kappa shape index (κ2) is 4.89. The predicted molar refractivity (Wildman–Crippen MR) is 77.1 cm³/mol. The maximum absolute atomic E-state index is 6.53. The molecule has 1 aliphatic heterocycles. The second-order valence-electron chi connectivity index (χ2n) is 6.41. The molecule has 0 saturated carbocycles. The molecule has 0 aromatic heterocycles. The van der Waals surface area contributed by atoms with E-state index in [0.717, 1.165) is 32.5 Å². The number of hydrogen-bond acceptors (Lipinski definition) is 3. The average molecular weight is 260 g/mol. The maximum Gasteiger partial charge on any atom is 0.0753 e. The Labute approximate surface area is 115 Å². The number of hydrogen-bond donors (Lipinski definition) is 1. The lowest BCUT2D eigenvalue weighted by Crippen LogP contribution is -2.55. The highest BCUT2D eigenvalue weighted by atomic mass is 16.5. The molecule has 19 heavy (non-hydrogen) atoms. The molecule has 1 saturated heterocycles. The van der Waals surface area contributed by atoms with Crippen molar-refractivity contribution in [1.29, 1.82) is 0 Å². The average Bonchev–Trinajstić information content (AvgIpc) is 2.38. The summed E-state index contributed by atoms with van der Waals surface area (Å²) in [5, 5.41) is 0. The lowest BCUT2D eigenvalue weighted by atomic mass is 9.83. The molecule has 3 rings (SSSR count). The van der Waals surface area contributed by atoms with Gasteiger partial charge in [0.2, 0.25) is 0 Å². The minimum Gasteiger partial charge on any atom is -0.373 e. The molecule has 2 N–H and O–H groups in total. The molecule has 2 unspecified atom stereocenters. The Morgan fingerprint density at radius 3 is 2.89 bits per heavy atom. The van der Waals surface area contributed by atoms with Crippen molar-refractivity contribution in [2.75, 3.05) is 19.7 Å². The van der Waals surface area contributed by atoms with Gasteiger partial charge >= 0.3 is 0 Å². The summed E-state index contributed by atoms with van der Waals surface area (Å²) in [5.74, 6) is 0. The number of ether oxygens (including phenoxy) is 1. The van der Waals surface area contributed by atoms with Gasteiger partial charge in [0.05, 0.1) is 12.2 Å². The van der Waals surface area contributed by atoms with E-state index < -0.39 is 0 Å². The Morgan fingerprint density at radius 2 is 2.11 bits per heavy atom. The van der Waals surface area contributed by atoms with E-state index in [0.29, 0.717) is 6.04 Å². The number of benzene rings is 1. The van der Waals surface area contributed by atoms with E-state index in [4.69, 9.17) is 10.5 Å². The van der Waals surface area contributed by atoms with E-state index in [1.54, 1.807) is 0 Å². The number of morpholine rings is 1. The third-order valence-electron chi connectivity index (χ3n) is 4.46. The summed E-state index contributed by atoms with van der Waals surface area (Å²) in [6, 6.07) is 9.22. The van der Waals surface area contributed by atoms with Crippen LogP contribution in [0.1, 0.15) is 37.4 Å². The molecule has 3 heteroatoms. The number of nitrogens with zero attached hydrogens (tertiary/aromatic N) is 1. The van der Waals surface area contributed by atoms with Crippen LogP contribution in [0.25, 0.3) is 0 Å². The van der Waals surface area contributed by atoms with Crippen molar-refractivity contribution in [3.8, 4) is 0 Å². The van der Waals surface area contributed by atoms with Crippen LogP contribution in [-0.2, 0) is 11.2 Å². The highest BCUT2D eigenvalue weighted by Gasteiger charge is 2.36. The van der Waals surface area contributed by atoms with Crippen LogP contribution in [-0.4, -0.2) is 36.2 Å². The minimum atomic E-state index is -0.0467. The third-order valence-corrected chi connectivity index (χ3v) is 4.46. The number of nitrogens with two attached hydrogens (primary N) is 1. The van der Waals surface area contributed by atoms with Crippen LogP contribution in [0.15, 0.2) is 24.3 Å². The second-order valence-corrected chi connectivity index (χ2v) is 6.41. The summed E-state index contributed by atoms with van der Waals surface area (Å²) >= 11 is 0. The Balaban J connectivity index is 1.80. The SMILES string of the molecule is CC1(C)CN(C2CCc3ccccc3C2N)CCO1. The lowest BCUT2D eigenvalue weighted by Gasteiger charge is -2.45. The topological polar surface area (TPSA) is 38.5 Å². The molecule has 1 aliphatic carbocycles. The van der Waals surface area contributed by atoms with Crippen LogP contribution in [0.3, 0.4) is 0 Å². The Bertz CT molecular complexity index is 458. The molecule has 0 amide bonds. The monoisotopic (exact) mass is 260 g/mol. The summed E-state index contributed by atoms with van der Waals surface area (Å²) in [6.07, 6.45) is 2.31. The molecule has 2 aliphatic rings. The summed E-state index contributed by atoms with van der Waals surface area (Å²) < 4.78 is 5.81. The van der Waals surface area contributed by atoms with Gasteiger partial charge in [-0.2, -0.15) is 0 Å². The first-order chi connectivity index (χ1) is 9.07. The van der Waals surface area contributed by atoms with Crippen molar-refractivity contribution < 1.29 is 4.74 Å². The van der Waals surface area contributed by atoms with Gasteiger partial charge in [0.25, 0.3) is 0 Å². The zero-order valence-corrected chi connectivity index (χ0v) is 11.9. The molecule has 104 valence electrons. The van der Waals surface area contributed by atoms with Gasteiger partial charge in [-0.1, -0.05) is 24.3 Å². The van der Waals surface area contributed by atoms with Gasteiger partial charge in [-0.15, -0.1) is 0 Å². The van der Waals surface area contributed by atoms with Gasteiger partial charge in [0.15, 0.2) is 0 Å². The van der Waals surface area contributed by atoms with E-state index in [9.17, 15) is 0 Å². The van der Waals surface area contributed by atoms with E-state index in [2.05, 4.69) is 43.0 Å². The van der Waals surface area contributed by atoms with Crippen molar-refractivity contribution in [3.63, 3.8) is 0 Å². The van der Waals surface area contributed by atoms with Crippen molar-refractivity contribution >= 4 is 0 Å². The normalized spacial score (nSPS) is 30.9. The number of aryl methyl sites for hydroxylation is 1. The fraction of sp³-hybridized carbons (Fsp3) is 0.625. The molecule has 1 aromatic rings. The fourth-order valence-corrected chi connectivity index (χ4v) is 3.52. The molecule has 0 spiro atoms. The Hall–Kier alpha value is -0.900. The van der Waals surface area contributed by atoms with E-state index in [-0.39, 0.29) is 11.6 Å². The molecule has 0 radical (unpaired) electrons. The number of rotatable bonds is 1. The van der Waals surface area contributed by atoms with Crippen LogP contribution >= 0.6 is 0 Å². The minimum absolute atomic E-state index is 0.0467. The van der Waals surface area contributed by atoms with Crippen LogP contribution in [0, 0.1) is 0 Å². The molecule has 2 atom stereocenters. The third kappa shape index (κ3) is 2.55. The highest BCUT2D eigenvalue weighted by Crippen LogP contribution is 2.33. The van der Waals surface area contributed by atoms with Crippen molar-refractivity contribution in [1.82, 2.24) is 4.90 Å². The number of fused-ring (bicyclic) bond motifs is 1. The first-order valence-corrected chi connectivity index (χ1v) is 7.28. The highest BCUT2D eigenvalue weighted by molar-refractivity contribution is 5.33. The predicted octanol–water partition coefficient (Wildman–Crippen LogP) is 2.11. The standard InChI is InChI=1S/C16H24N2O/c1-16(2)11-18(9-10-19-16)14-8-7-12-5-3-4-6-13(12)15(14)17/h3-6,14-15H,7-11,17H2,1-2H3. The van der Waals surface area contributed by atoms with Crippen molar-refractivity contribution in [2.24, 2.45) is 5.73 Å². The lowest BCUT2D eigenvalue weighted by molar-refractivity contribution is -0.101. The van der Waals surface area contributed by atoms with Crippen LogP contribution in [0.5, 0.6) is 0 Å². The van der Waals surface area contributed by atoms with E-state index in [1.165, 1.54) is 11.1 Å². The molecular formula is C16H24N2O. The van der Waals surface area contributed by atoms with Gasteiger partial charge in [0.1, 0.15) is 0 Å². The molecule has 1 aromatic carbocycles. The van der Waals surface area contributed by atoms with Crippen LogP contribution < -0.4 is 5.73 Å². The first-order valence-electron chi connectivity index (χ1n) is 7.28. The van der Waals surface area contributed by atoms with Gasteiger partial charge in [-0.05, 0) is 37.8 Å². The molecule has 3 nitrogen and oxygen atoms in total. The zero-order chi connectivity index (χ0) is 13.5. The maximum atomic E-state index is 6.53. The summed E-state index contributed by atoms with van der Waals surface area (Å²) in [5.41, 5.74) is 9.25. The van der Waals surface area contributed by atoms with Crippen LogP contribution in [0.2, 0.25) is 0 Å². The molecule has 1 fully saturated rings. The smallest absolute Gasteiger partial charge is 0.0753 e. The largest absolute Gasteiger partial charge is 0.373 e. The molecule has 0 bridgehead atoms. The van der Waals surface area contributed by atoms with Gasteiger partial charge in [-0.25, -0.2) is 0 Å². The van der Waals surface area contributed by atoms with E-state index >= 15 is 0 Å². The Kier molecular flexibility index (Phi) is 3.37. The van der Waals surface area contributed by atoms with E-state index in [1.807, 2.05) is 0 Å². The molecular weight excluding hydrogens is 236 g/mol. The van der Waals surface area contributed by atoms with Crippen molar-refractivity contribution in [3.05, 3.63) is 35.4 Å². The van der Waals surface area contributed by atoms with Crippen LogP contribution in [0.4, 0.5) is 0 Å². The van der Waals surface area contributed by atoms with Gasteiger partial charge < -0.3 is 10.5 Å². The first kappa shape index (κ1) is 13.1. The summed E-state index contributed by atoms with van der Waals surface area (Å²) in [7, 11) is 0. The van der Waals surface area contributed by atoms with Gasteiger partial charge in [-0.3, -0.25) is 4.90 Å². The summed E-state index contributed by atoms with van der Waals surface area (Å²) in [4.78, 5) is 2.53. The summed E-state index contributed by atoms with van der Waals surface area (Å²) in [6.45, 7) is 7.14. The Morgan fingerprint density at radius 1 is 1.32 bits per heavy atom.